The highest BCUT2D eigenvalue weighted by molar-refractivity contribution is 9.10. The predicted octanol–water partition coefficient (Wildman–Crippen LogP) is 5.30. The highest BCUT2D eigenvalue weighted by Gasteiger charge is 2.14. The summed E-state index contributed by atoms with van der Waals surface area (Å²) in [4.78, 5) is 12.4. The highest BCUT2D eigenvalue weighted by atomic mass is 79.9. The quantitative estimate of drug-likeness (QED) is 0.311. The third-order valence-corrected chi connectivity index (χ3v) is 5.01. The first-order valence-corrected chi connectivity index (χ1v) is 9.38. The van der Waals surface area contributed by atoms with Crippen molar-refractivity contribution in [2.45, 2.75) is 6.61 Å². The molecule has 0 N–H and O–H groups in total. The first-order valence-electron chi connectivity index (χ1n) is 8.59. The van der Waals surface area contributed by atoms with Gasteiger partial charge in [0.1, 0.15) is 17.9 Å². The fraction of sp³-hybridized carbons (Fsp3) is 0.136. The predicted molar refractivity (Wildman–Crippen MR) is 112 cm³/mol. The average Bonchev–Trinajstić information content (AvgIpc) is 2.72. The lowest BCUT2D eigenvalue weighted by Gasteiger charge is -2.13. The summed E-state index contributed by atoms with van der Waals surface area (Å²) in [7, 11) is 3.21. The fourth-order valence-electron chi connectivity index (χ4n) is 3.07. The van der Waals surface area contributed by atoms with Gasteiger partial charge in [0.05, 0.1) is 19.6 Å². The Morgan fingerprint density at radius 3 is 2.36 bits per heavy atom. The van der Waals surface area contributed by atoms with E-state index in [0.29, 0.717) is 29.1 Å². The van der Waals surface area contributed by atoms with Crippen LogP contribution in [0.15, 0.2) is 68.3 Å². The Morgan fingerprint density at radius 2 is 1.64 bits per heavy atom. The molecule has 0 saturated carbocycles. The third-order valence-electron chi connectivity index (χ3n) is 4.51. The molecule has 0 spiro atoms. The van der Waals surface area contributed by atoms with Crippen LogP contribution in [-0.4, -0.2) is 14.2 Å². The Bertz CT molecular complexity index is 1210. The average molecular weight is 441 g/mol. The molecule has 1 aromatic heterocycles. The van der Waals surface area contributed by atoms with Gasteiger partial charge in [0, 0.05) is 21.3 Å². The van der Waals surface area contributed by atoms with E-state index >= 15 is 0 Å². The van der Waals surface area contributed by atoms with Crippen molar-refractivity contribution in [3.8, 4) is 17.2 Å². The van der Waals surface area contributed by atoms with Crippen molar-refractivity contribution >= 4 is 37.7 Å². The summed E-state index contributed by atoms with van der Waals surface area (Å²) in [5.74, 6) is 1.86. The maximum Gasteiger partial charge on any atom is 0.344 e. The first kappa shape index (κ1) is 18.4. The molecule has 28 heavy (non-hydrogen) atoms. The van der Waals surface area contributed by atoms with E-state index in [1.807, 2.05) is 42.5 Å². The van der Waals surface area contributed by atoms with E-state index in [4.69, 9.17) is 18.6 Å². The van der Waals surface area contributed by atoms with Gasteiger partial charge in [0.2, 0.25) is 0 Å². The molecular formula is C22H17BrO5. The van der Waals surface area contributed by atoms with Crippen LogP contribution in [0.1, 0.15) is 5.56 Å². The molecule has 142 valence electrons. The van der Waals surface area contributed by atoms with Crippen LogP contribution in [0, 0.1) is 0 Å². The summed E-state index contributed by atoms with van der Waals surface area (Å²) in [5.41, 5.74) is 1.04. The molecule has 0 aliphatic rings. The van der Waals surface area contributed by atoms with Crippen LogP contribution < -0.4 is 19.8 Å². The largest absolute Gasteiger partial charge is 0.497 e. The Morgan fingerprint density at radius 1 is 0.857 bits per heavy atom. The van der Waals surface area contributed by atoms with Gasteiger partial charge in [-0.25, -0.2) is 4.79 Å². The Kier molecular flexibility index (Phi) is 4.96. The van der Waals surface area contributed by atoms with E-state index in [9.17, 15) is 4.79 Å². The second-order valence-electron chi connectivity index (χ2n) is 6.22. The second kappa shape index (κ2) is 7.56. The molecule has 5 nitrogen and oxygen atoms in total. The number of rotatable bonds is 5. The molecular weight excluding hydrogens is 424 g/mol. The van der Waals surface area contributed by atoms with Crippen molar-refractivity contribution < 1.29 is 18.6 Å². The lowest BCUT2D eigenvalue weighted by Crippen LogP contribution is -2.02. The first-order chi connectivity index (χ1) is 13.6. The third kappa shape index (κ3) is 3.43. The van der Waals surface area contributed by atoms with Crippen molar-refractivity contribution in [3.63, 3.8) is 0 Å². The molecule has 0 atom stereocenters. The number of fused-ring (bicyclic) bond motifs is 3. The summed E-state index contributed by atoms with van der Waals surface area (Å²) in [6, 6.07) is 16.7. The molecule has 1 heterocycles. The van der Waals surface area contributed by atoms with Gasteiger partial charge in [-0.2, -0.15) is 0 Å². The van der Waals surface area contributed by atoms with Crippen LogP contribution in [0.3, 0.4) is 0 Å². The minimum absolute atomic E-state index is 0.344. The number of ether oxygens (including phenoxy) is 3. The number of methoxy groups -OCH3 is 2. The minimum atomic E-state index is -0.393. The Labute approximate surface area is 169 Å². The SMILES string of the molecule is COc1ccc(COc2cc3oc(=O)c4cc(Br)ccc4c3cc2OC)cc1. The van der Waals surface area contributed by atoms with Gasteiger partial charge in [-0.1, -0.05) is 34.1 Å². The molecule has 0 fully saturated rings. The normalized spacial score (nSPS) is 11.0. The molecule has 4 rings (SSSR count). The molecule has 0 saturated heterocycles. The topological polar surface area (TPSA) is 57.9 Å². The zero-order valence-electron chi connectivity index (χ0n) is 15.3. The van der Waals surface area contributed by atoms with Gasteiger partial charge >= 0.3 is 5.63 Å². The van der Waals surface area contributed by atoms with Crippen LogP contribution in [-0.2, 0) is 6.61 Å². The van der Waals surface area contributed by atoms with E-state index in [1.165, 1.54) is 0 Å². The lowest BCUT2D eigenvalue weighted by atomic mass is 10.1. The summed E-state index contributed by atoms with van der Waals surface area (Å²) in [6.45, 7) is 0.344. The van der Waals surface area contributed by atoms with Gasteiger partial charge in [0.25, 0.3) is 0 Å². The van der Waals surface area contributed by atoms with Crippen LogP contribution >= 0.6 is 15.9 Å². The van der Waals surface area contributed by atoms with Crippen molar-refractivity contribution in [1.29, 1.82) is 0 Å². The van der Waals surface area contributed by atoms with Crippen LogP contribution in [0.5, 0.6) is 17.2 Å². The van der Waals surface area contributed by atoms with Crippen LogP contribution in [0.2, 0.25) is 0 Å². The summed E-state index contributed by atoms with van der Waals surface area (Å²) >= 11 is 3.39. The number of benzene rings is 3. The van der Waals surface area contributed by atoms with Gasteiger partial charge in [-0.15, -0.1) is 0 Å². The maximum absolute atomic E-state index is 12.4. The lowest BCUT2D eigenvalue weighted by molar-refractivity contribution is 0.284. The van der Waals surface area contributed by atoms with E-state index in [1.54, 1.807) is 26.4 Å². The van der Waals surface area contributed by atoms with E-state index in [2.05, 4.69) is 15.9 Å². The van der Waals surface area contributed by atoms with Gasteiger partial charge in [0.15, 0.2) is 11.5 Å². The minimum Gasteiger partial charge on any atom is -0.497 e. The zero-order chi connectivity index (χ0) is 19.7. The molecule has 0 aliphatic heterocycles. The molecule has 4 aromatic rings. The van der Waals surface area contributed by atoms with E-state index in [-0.39, 0.29) is 0 Å². The summed E-state index contributed by atoms with van der Waals surface area (Å²) in [5, 5.41) is 2.10. The zero-order valence-corrected chi connectivity index (χ0v) is 16.9. The van der Waals surface area contributed by atoms with E-state index < -0.39 is 5.63 Å². The van der Waals surface area contributed by atoms with Crippen molar-refractivity contribution in [1.82, 2.24) is 0 Å². The number of hydrogen-bond donors (Lipinski definition) is 0. The molecule has 0 amide bonds. The maximum atomic E-state index is 12.4. The van der Waals surface area contributed by atoms with Gasteiger partial charge in [-0.3, -0.25) is 0 Å². The Balaban J connectivity index is 1.75. The van der Waals surface area contributed by atoms with Crippen LogP contribution in [0.4, 0.5) is 0 Å². The summed E-state index contributed by atoms with van der Waals surface area (Å²) < 4.78 is 22.9. The second-order valence-corrected chi connectivity index (χ2v) is 7.13. The molecule has 0 bridgehead atoms. The van der Waals surface area contributed by atoms with Gasteiger partial charge in [-0.05, 0) is 35.9 Å². The summed E-state index contributed by atoms with van der Waals surface area (Å²) in [6.07, 6.45) is 0. The standard InChI is InChI=1S/C22H17BrO5/c1-25-15-6-3-13(4-7-15)12-27-21-11-19-17(10-20(21)26-2)16-8-5-14(23)9-18(16)22(24)28-19/h3-11H,12H2,1-2H3. The Hall–Kier alpha value is -2.99. The number of hydrogen-bond acceptors (Lipinski definition) is 5. The molecule has 0 aliphatic carbocycles. The monoisotopic (exact) mass is 440 g/mol. The van der Waals surface area contributed by atoms with Gasteiger partial charge < -0.3 is 18.6 Å². The fourth-order valence-corrected chi connectivity index (χ4v) is 3.43. The number of halogens is 1. The van der Waals surface area contributed by atoms with Crippen molar-refractivity contribution in [2.75, 3.05) is 14.2 Å². The smallest absolute Gasteiger partial charge is 0.344 e. The van der Waals surface area contributed by atoms with Crippen molar-refractivity contribution in [2.24, 2.45) is 0 Å². The molecule has 3 aromatic carbocycles. The highest BCUT2D eigenvalue weighted by Crippen LogP contribution is 2.35. The molecule has 0 radical (unpaired) electrons. The van der Waals surface area contributed by atoms with Crippen molar-refractivity contribution in [3.05, 3.63) is 75.1 Å². The van der Waals surface area contributed by atoms with Crippen LogP contribution in [0.25, 0.3) is 21.7 Å². The van der Waals surface area contributed by atoms with E-state index in [0.717, 1.165) is 26.6 Å². The molecule has 0 unspecified atom stereocenters. The molecule has 6 heteroatoms.